The Hall–Kier alpha value is -0.670. The first-order valence-electron chi connectivity index (χ1n) is 6.78. The molecule has 0 bridgehead atoms. The zero-order chi connectivity index (χ0) is 13.0. The molecule has 0 spiro atoms. The molecule has 100 valence electrons. The number of anilines is 1. The molecule has 2 nitrogen and oxygen atoms in total. The highest BCUT2D eigenvalue weighted by atomic mass is 32.2. The standard InChI is InChI=1S/C15H24N2S/c1-4-14(11-18-3)17(2)10-13-9-12-7-5-6-8-15(12)16-13/h5-8,13-14,16H,4,9-11H2,1-3H3. The lowest BCUT2D eigenvalue weighted by Crippen LogP contribution is -2.40. The molecule has 1 heterocycles. The van der Waals surface area contributed by atoms with Crippen LogP contribution in [0.1, 0.15) is 18.9 Å². The van der Waals surface area contributed by atoms with Gasteiger partial charge in [0.2, 0.25) is 0 Å². The summed E-state index contributed by atoms with van der Waals surface area (Å²) in [6, 6.07) is 9.94. The van der Waals surface area contributed by atoms with Gasteiger partial charge in [0.1, 0.15) is 0 Å². The number of thioether (sulfide) groups is 1. The molecule has 1 aliphatic rings. The van der Waals surface area contributed by atoms with E-state index in [0.717, 1.165) is 13.0 Å². The maximum atomic E-state index is 3.64. The van der Waals surface area contributed by atoms with Crippen LogP contribution in [0, 0.1) is 0 Å². The maximum absolute atomic E-state index is 3.64. The Labute approximate surface area is 115 Å². The first-order valence-corrected chi connectivity index (χ1v) is 8.17. The topological polar surface area (TPSA) is 15.3 Å². The van der Waals surface area contributed by atoms with Crippen LogP contribution in [0.4, 0.5) is 5.69 Å². The van der Waals surface area contributed by atoms with E-state index in [-0.39, 0.29) is 0 Å². The van der Waals surface area contributed by atoms with E-state index >= 15 is 0 Å². The van der Waals surface area contributed by atoms with Gasteiger partial charge in [-0.3, -0.25) is 0 Å². The molecule has 1 aromatic rings. The molecule has 2 unspecified atom stereocenters. The third kappa shape index (κ3) is 3.21. The van der Waals surface area contributed by atoms with Crippen molar-refractivity contribution in [2.45, 2.75) is 31.8 Å². The molecular weight excluding hydrogens is 240 g/mol. The molecule has 0 aliphatic carbocycles. The third-order valence-corrected chi connectivity index (χ3v) is 4.52. The summed E-state index contributed by atoms with van der Waals surface area (Å²) in [6.07, 6.45) is 4.59. The van der Waals surface area contributed by atoms with Crippen molar-refractivity contribution < 1.29 is 0 Å². The number of nitrogens with one attached hydrogen (secondary N) is 1. The molecule has 0 saturated carbocycles. The smallest absolute Gasteiger partial charge is 0.0429 e. The van der Waals surface area contributed by atoms with E-state index in [4.69, 9.17) is 0 Å². The van der Waals surface area contributed by atoms with E-state index in [1.165, 1.54) is 23.4 Å². The molecule has 1 N–H and O–H groups in total. The predicted molar refractivity (Wildman–Crippen MR) is 82.6 cm³/mol. The molecule has 1 aliphatic heterocycles. The zero-order valence-electron chi connectivity index (χ0n) is 11.6. The van der Waals surface area contributed by atoms with Crippen molar-refractivity contribution in [3.63, 3.8) is 0 Å². The van der Waals surface area contributed by atoms with Crippen LogP contribution in [0.5, 0.6) is 0 Å². The van der Waals surface area contributed by atoms with Crippen LogP contribution in [-0.2, 0) is 6.42 Å². The molecular formula is C15H24N2S. The van der Waals surface area contributed by atoms with Crippen molar-refractivity contribution in [3.8, 4) is 0 Å². The van der Waals surface area contributed by atoms with Gasteiger partial charge in [0, 0.05) is 30.1 Å². The number of rotatable bonds is 6. The van der Waals surface area contributed by atoms with Crippen LogP contribution in [-0.4, -0.2) is 42.6 Å². The fourth-order valence-corrected chi connectivity index (χ4v) is 3.61. The summed E-state index contributed by atoms with van der Waals surface area (Å²) < 4.78 is 0. The Morgan fingerprint density at radius 1 is 1.44 bits per heavy atom. The first-order chi connectivity index (χ1) is 8.74. The van der Waals surface area contributed by atoms with Crippen LogP contribution < -0.4 is 5.32 Å². The van der Waals surface area contributed by atoms with E-state index in [1.54, 1.807) is 0 Å². The lowest BCUT2D eigenvalue weighted by atomic mass is 10.1. The van der Waals surface area contributed by atoms with Gasteiger partial charge in [0.25, 0.3) is 0 Å². The second-order valence-corrected chi connectivity index (χ2v) is 6.07. The minimum atomic E-state index is 0.573. The average molecular weight is 264 g/mol. The van der Waals surface area contributed by atoms with Crippen molar-refractivity contribution in [1.29, 1.82) is 0 Å². The minimum Gasteiger partial charge on any atom is -0.380 e. The number of fused-ring (bicyclic) bond motifs is 1. The van der Waals surface area contributed by atoms with Crippen LogP contribution in [0.15, 0.2) is 24.3 Å². The van der Waals surface area contributed by atoms with Crippen molar-refractivity contribution in [2.75, 3.05) is 30.9 Å². The Morgan fingerprint density at radius 3 is 2.89 bits per heavy atom. The third-order valence-electron chi connectivity index (χ3n) is 3.81. The van der Waals surface area contributed by atoms with Crippen molar-refractivity contribution in [2.24, 2.45) is 0 Å². The quantitative estimate of drug-likeness (QED) is 0.850. The number of hydrogen-bond donors (Lipinski definition) is 1. The van der Waals surface area contributed by atoms with Crippen LogP contribution in [0.25, 0.3) is 0 Å². The number of nitrogens with zero attached hydrogens (tertiary/aromatic N) is 1. The number of benzene rings is 1. The monoisotopic (exact) mass is 264 g/mol. The van der Waals surface area contributed by atoms with Crippen molar-refractivity contribution >= 4 is 17.4 Å². The van der Waals surface area contributed by atoms with Crippen LogP contribution in [0.3, 0.4) is 0 Å². The van der Waals surface area contributed by atoms with Crippen LogP contribution in [0.2, 0.25) is 0 Å². The molecule has 0 saturated heterocycles. The molecule has 18 heavy (non-hydrogen) atoms. The lowest BCUT2D eigenvalue weighted by molar-refractivity contribution is 0.247. The Balaban J connectivity index is 1.89. The van der Waals surface area contributed by atoms with E-state index in [0.29, 0.717) is 12.1 Å². The summed E-state index contributed by atoms with van der Waals surface area (Å²) >= 11 is 1.95. The average Bonchev–Trinajstić information content (AvgIpc) is 2.77. The molecule has 2 atom stereocenters. The summed E-state index contributed by atoms with van der Waals surface area (Å²) in [7, 11) is 2.26. The zero-order valence-corrected chi connectivity index (χ0v) is 12.5. The summed E-state index contributed by atoms with van der Waals surface area (Å²) in [6.45, 7) is 3.42. The Kier molecular flexibility index (Phi) is 4.95. The van der Waals surface area contributed by atoms with Gasteiger partial charge in [0.15, 0.2) is 0 Å². The highest BCUT2D eigenvalue weighted by molar-refractivity contribution is 7.98. The molecule has 0 radical (unpaired) electrons. The fourth-order valence-electron chi connectivity index (χ4n) is 2.73. The van der Waals surface area contributed by atoms with E-state index < -0.39 is 0 Å². The van der Waals surface area contributed by atoms with Gasteiger partial charge in [-0.05, 0) is 37.8 Å². The van der Waals surface area contributed by atoms with E-state index in [2.05, 4.69) is 54.7 Å². The molecule has 0 amide bonds. The molecule has 0 fully saturated rings. The molecule has 2 rings (SSSR count). The largest absolute Gasteiger partial charge is 0.380 e. The van der Waals surface area contributed by atoms with Crippen LogP contribution >= 0.6 is 11.8 Å². The number of likely N-dealkylation sites (N-methyl/N-ethyl adjacent to an activating group) is 1. The molecule has 0 aromatic heterocycles. The second kappa shape index (κ2) is 6.48. The van der Waals surface area contributed by atoms with Gasteiger partial charge in [-0.15, -0.1) is 0 Å². The summed E-state index contributed by atoms with van der Waals surface area (Å²) in [5.41, 5.74) is 2.79. The minimum absolute atomic E-state index is 0.573. The first kappa shape index (κ1) is 13.8. The Morgan fingerprint density at radius 2 is 2.22 bits per heavy atom. The van der Waals surface area contributed by atoms with E-state index in [9.17, 15) is 0 Å². The van der Waals surface area contributed by atoms with Crippen molar-refractivity contribution in [1.82, 2.24) is 4.90 Å². The van der Waals surface area contributed by atoms with Gasteiger partial charge < -0.3 is 10.2 Å². The summed E-state index contributed by atoms with van der Waals surface area (Å²) in [5.74, 6) is 1.23. The highest BCUT2D eigenvalue weighted by Gasteiger charge is 2.23. The Bertz CT molecular complexity index is 356. The molecule has 1 aromatic carbocycles. The number of para-hydroxylation sites is 1. The van der Waals surface area contributed by atoms with Gasteiger partial charge in [-0.1, -0.05) is 25.1 Å². The lowest BCUT2D eigenvalue weighted by Gasteiger charge is -2.29. The van der Waals surface area contributed by atoms with Gasteiger partial charge >= 0.3 is 0 Å². The summed E-state index contributed by atoms with van der Waals surface area (Å²) in [5, 5.41) is 3.64. The van der Waals surface area contributed by atoms with Gasteiger partial charge in [-0.25, -0.2) is 0 Å². The summed E-state index contributed by atoms with van der Waals surface area (Å²) in [4.78, 5) is 2.51. The number of hydrogen-bond acceptors (Lipinski definition) is 3. The van der Waals surface area contributed by atoms with Gasteiger partial charge in [-0.2, -0.15) is 11.8 Å². The second-order valence-electron chi connectivity index (χ2n) is 5.16. The highest BCUT2D eigenvalue weighted by Crippen LogP contribution is 2.25. The maximum Gasteiger partial charge on any atom is 0.0429 e. The van der Waals surface area contributed by atoms with Gasteiger partial charge in [0.05, 0.1) is 0 Å². The van der Waals surface area contributed by atoms with Crippen molar-refractivity contribution in [3.05, 3.63) is 29.8 Å². The normalized spacial score (nSPS) is 19.7. The van der Waals surface area contributed by atoms with E-state index in [1.807, 2.05) is 11.8 Å². The SMILES string of the molecule is CCC(CSC)N(C)CC1Cc2ccccc2N1. The predicted octanol–water partition coefficient (Wildman–Crippen LogP) is 3.10. The fraction of sp³-hybridized carbons (Fsp3) is 0.600. The molecule has 3 heteroatoms.